The lowest BCUT2D eigenvalue weighted by atomic mass is 10.0. The van der Waals surface area contributed by atoms with E-state index in [0.717, 1.165) is 23.8 Å². The molecule has 1 atom stereocenters. The number of carbonyl (C=O) groups is 2. The van der Waals surface area contributed by atoms with Crippen LogP contribution in [0.1, 0.15) is 40.9 Å². The van der Waals surface area contributed by atoms with E-state index in [2.05, 4.69) is 15.5 Å². The Kier molecular flexibility index (Phi) is 5.20. The van der Waals surface area contributed by atoms with Crippen LogP contribution in [0.2, 0.25) is 0 Å². The molecule has 5 rings (SSSR count). The quantitative estimate of drug-likeness (QED) is 0.645. The maximum absolute atomic E-state index is 14.6. The minimum Gasteiger partial charge on any atom is -0.351 e. The molecule has 2 aromatic carbocycles. The number of H-pyrrole nitrogens is 1. The van der Waals surface area contributed by atoms with Gasteiger partial charge in [-0.1, -0.05) is 24.3 Å². The highest BCUT2D eigenvalue weighted by Gasteiger charge is 2.34. The number of hydrogen-bond acceptors (Lipinski definition) is 4. The first-order valence-corrected chi connectivity index (χ1v) is 10.8. The van der Waals surface area contributed by atoms with Gasteiger partial charge in [0, 0.05) is 36.9 Å². The van der Waals surface area contributed by atoms with Crippen molar-refractivity contribution in [3.05, 3.63) is 75.5 Å². The van der Waals surface area contributed by atoms with Crippen LogP contribution in [0.15, 0.2) is 47.3 Å². The molecule has 1 aliphatic heterocycles. The van der Waals surface area contributed by atoms with Crippen molar-refractivity contribution >= 4 is 22.6 Å². The van der Waals surface area contributed by atoms with Crippen LogP contribution in [0.5, 0.6) is 0 Å². The van der Waals surface area contributed by atoms with Crippen molar-refractivity contribution in [1.29, 1.82) is 0 Å². The van der Waals surface area contributed by atoms with E-state index in [0.29, 0.717) is 37.0 Å². The Hall–Kier alpha value is -3.55. The standard InChI is InChI=1S/C24H23FN4O3/c25-20-8-5-14(12-21-17-3-1-2-4-18(17)23(31)28-27-21)11-19(20)24(32)29-10-9-16(13-29)26-22(30)15-6-7-15/h1-5,8,11,15-16H,6-7,9-10,12-13H2,(H,26,30)(H,28,31). The van der Waals surface area contributed by atoms with Crippen LogP contribution in [-0.2, 0) is 11.2 Å². The highest BCUT2D eigenvalue weighted by atomic mass is 19.1. The highest BCUT2D eigenvalue weighted by molar-refractivity contribution is 5.95. The van der Waals surface area contributed by atoms with Gasteiger partial charge in [0.25, 0.3) is 11.5 Å². The zero-order valence-corrected chi connectivity index (χ0v) is 17.4. The monoisotopic (exact) mass is 434 g/mol. The van der Waals surface area contributed by atoms with E-state index >= 15 is 0 Å². The number of aromatic amines is 1. The zero-order chi connectivity index (χ0) is 22.2. The zero-order valence-electron chi connectivity index (χ0n) is 17.4. The highest BCUT2D eigenvalue weighted by Crippen LogP contribution is 2.29. The summed E-state index contributed by atoms with van der Waals surface area (Å²) in [5.41, 5.74) is 1.11. The fourth-order valence-corrected chi connectivity index (χ4v) is 4.24. The fraction of sp³-hybridized carbons (Fsp3) is 0.333. The van der Waals surface area contributed by atoms with Gasteiger partial charge in [-0.2, -0.15) is 5.10 Å². The summed E-state index contributed by atoms with van der Waals surface area (Å²) in [5.74, 6) is -0.792. The molecule has 0 bridgehead atoms. The van der Waals surface area contributed by atoms with Gasteiger partial charge >= 0.3 is 0 Å². The van der Waals surface area contributed by atoms with E-state index in [1.54, 1.807) is 29.2 Å². The molecule has 0 radical (unpaired) electrons. The lowest BCUT2D eigenvalue weighted by Crippen LogP contribution is -2.39. The molecule has 2 fully saturated rings. The van der Waals surface area contributed by atoms with Crippen LogP contribution in [0.3, 0.4) is 0 Å². The number of aromatic nitrogens is 2. The Labute approximate surface area is 183 Å². The summed E-state index contributed by atoms with van der Waals surface area (Å²) < 4.78 is 14.6. The van der Waals surface area contributed by atoms with E-state index < -0.39 is 5.82 Å². The summed E-state index contributed by atoms with van der Waals surface area (Å²) in [6.07, 6.45) is 2.87. The third-order valence-electron chi connectivity index (χ3n) is 6.18. The third kappa shape index (κ3) is 4.00. The number of nitrogens with zero attached hydrogens (tertiary/aromatic N) is 2. The second-order valence-electron chi connectivity index (χ2n) is 8.56. The van der Waals surface area contributed by atoms with Gasteiger partial charge in [0.15, 0.2) is 0 Å². The molecule has 1 saturated heterocycles. The molecule has 2 aliphatic rings. The van der Waals surface area contributed by atoms with Crippen LogP contribution >= 0.6 is 0 Å². The van der Waals surface area contributed by atoms with Gasteiger partial charge in [-0.15, -0.1) is 0 Å². The van der Waals surface area contributed by atoms with Crippen molar-refractivity contribution in [3.8, 4) is 0 Å². The van der Waals surface area contributed by atoms with E-state index in [1.807, 2.05) is 12.1 Å². The Morgan fingerprint density at radius 2 is 1.91 bits per heavy atom. The normalized spacial score (nSPS) is 18.2. The lowest BCUT2D eigenvalue weighted by molar-refractivity contribution is -0.122. The molecule has 8 heteroatoms. The number of likely N-dealkylation sites (tertiary alicyclic amines) is 1. The van der Waals surface area contributed by atoms with Gasteiger partial charge in [0.2, 0.25) is 5.91 Å². The van der Waals surface area contributed by atoms with E-state index in [1.165, 1.54) is 6.07 Å². The maximum atomic E-state index is 14.6. The third-order valence-corrected chi connectivity index (χ3v) is 6.18. The minimum absolute atomic E-state index is 0.00500. The Bertz CT molecular complexity index is 1270. The number of nitrogens with one attached hydrogen (secondary N) is 2. The van der Waals surface area contributed by atoms with Crippen molar-refractivity contribution < 1.29 is 14.0 Å². The van der Waals surface area contributed by atoms with Crippen molar-refractivity contribution in [2.45, 2.75) is 31.7 Å². The first-order valence-electron chi connectivity index (χ1n) is 10.8. The van der Waals surface area contributed by atoms with Gasteiger partial charge in [0.05, 0.1) is 16.6 Å². The smallest absolute Gasteiger partial charge is 0.272 e. The number of carbonyl (C=O) groups excluding carboxylic acids is 2. The van der Waals surface area contributed by atoms with E-state index in [9.17, 15) is 18.8 Å². The lowest BCUT2D eigenvalue weighted by Gasteiger charge is -2.18. The Morgan fingerprint density at radius 3 is 2.69 bits per heavy atom. The second-order valence-corrected chi connectivity index (χ2v) is 8.56. The topological polar surface area (TPSA) is 95.2 Å². The number of benzene rings is 2. The summed E-state index contributed by atoms with van der Waals surface area (Å²) in [5, 5.41) is 10.9. The van der Waals surface area contributed by atoms with Gasteiger partial charge in [0.1, 0.15) is 5.82 Å². The summed E-state index contributed by atoms with van der Waals surface area (Å²) in [6, 6.07) is 11.5. The SMILES string of the molecule is O=C(NC1CCN(C(=O)c2cc(Cc3n[nH]c(=O)c4ccccc34)ccc2F)C1)C1CC1. The van der Waals surface area contributed by atoms with Crippen LogP contribution in [-0.4, -0.2) is 46.0 Å². The molecular weight excluding hydrogens is 411 g/mol. The predicted octanol–water partition coefficient (Wildman–Crippen LogP) is 2.39. The number of amides is 2. The van der Waals surface area contributed by atoms with Crippen molar-refractivity contribution in [2.24, 2.45) is 5.92 Å². The first-order chi connectivity index (χ1) is 15.5. The number of fused-ring (bicyclic) bond motifs is 1. The molecule has 1 aromatic heterocycles. The van der Waals surface area contributed by atoms with Gasteiger partial charge in [-0.25, -0.2) is 9.49 Å². The van der Waals surface area contributed by atoms with Crippen LogP contribution in [0.25, 0.3) is 10.8 Å². The number of halogens is 1. The molecule has 1 unspecified atom stereocenters. The van der Waals surface area contributed by atoms with Crippen molar-refractivity contribution in [1.82, 2.24) is 20.4 Å². The molecule has 1 aliphatic carbocycles. The largest absolute Gasteiger partial charge is 0.351 e. The molecule has 2 amide bonds. The summed E-state index contributed by atoms with van der Waals surface area (Å²) >= 11 is 0. The molecule has 164 valence electrons. The van der Waals surface area contributed by atoms with Crippen LogP contribution in [0, 0.1) is 11.7 Å². The molecule has 7 nitrogen and oxygen atoms in total. The molecular formula is C24H23FN4O3. The molecule has 0 spiro atoms. The maximum Gasteiger partial charge on any atom is 0.272 e. The summed E-state index contributed by atoms with van der Waals surface area (Å²) in [4.78, 5) is 38.6. The summed E-state index contributed by atoms with van der Waals surface area (Å²) in [7, 11) is 0. The Morgan fingerprint density at radius 1 is 1.12 bits per heavy atom. The average molecular weight is 434 g/mol. The Balaban J connectivity index is 1.34. The molecule has 2 N–H and O–H groups in total. The average Bonchev–Trinajstić information content (AvgIpc) is 3.56. The van der Waals surface area contributed by atoms with E-state index in [4.69, 9.17) is 0 Å². The molecule has 1 saturated carbocycles. The van der Waals surface area contributed by atoms with E-state index in [-0.39, 0.29) is 34.9 Å². The van der Waals surface area contributed by atoms with Crippen molar-refractivity contribution in [3.63, 3.8) is 0 Å². The van der Waals surface area contributed by atoms with Gasteiger partial charge < -0.3 is 10.2 Å². The molecule has 3 aromatic rings. The fourth-order valence-electron chi connectivity index (χ4n) is 4.24. The van der Waals surface area contributed by atoms with Crippen LogP contribution in [0.4, 0.5) is 4.39 Å². The molecule has 2 heterocycles. The van der Waals surface area contributed by atoms with Gasteiger partial charge in [-0.05, 0) is 43.0 Å². The van der Waals surface area contributed by atoms with Crippen LogP contribution < -0.4 is 10.9 Å². The number of rotatable bonds is 5. The summed E-state index contributed by atoms with van der Waals surface area (Å²) in [6.45, 7) is 0.858. The number of hydrogen-bond donors (Lipinski definition) is 2. The van der Waals surface area contributed by atoms with Crippen molar-refractivity contribution in [2.75, 3.05) is 13.1 Å². The predicted molar refractivity (Wildman–Crippen MR) is 117 cm³/mol. The van der Waals surface area contributed by atoms with Gasteiger partial charge in [-0.3, -0.25) is 14.4 Å². The second kappa shape index (κ2) is 8.18. The molecule has 32 heavy (non-hydrogen) atoms. The first kappa shape index (κ1) is 20.4. The minimum atomic E-state index is -0.580.